The SMILES string of the molecule is [3H]B(C)S(=O)(=O)C(F)(F)F. The molecule has 0 aliphatic rings. The molecule has 0 rings (SSSR count). The maximum absolute atomic E-state index is 11.4. The molecule has 2 nitrogen and oxygen atoms in total. The Bertz CT molecular complexity index is 207. The third-order valence-corrected chi connectivity index (χ3v) is 1.90. The molecule has 0 heterocycles. The summed E-state index contributed by atoms with van der Waals surface area (Å²) in [6.07, 6.45) is 0. The van der Waals surface area contributed by atoms with E-state index in [-0.39, 0.29) is 0 Å². The number of rotatable bonds is 1. The Kier molecular flexibility index (Phi) is 1.69. The van der Waals surface area contributed by atoms with E-state index in [4.69, 9.17) is 1.34 Å². The molecule has 0 unspecified atom stereocenters. The van der Waals surface area contributed by atoms with Gasteiger partial charge in [0, 0.05) is 0 Å². The van der Waals surface area contributed by atoms with Crippen LogP contribution >= 0.6 is 0 Å². The Morgan fingerprint density at radius 1 is 1.56 bits per heavy atom. The molecule has 9 heavy (non-hydrogen) atoms. The molecule has 0 aliphatic carbocycles. The standard InChI is InChI=1S/C2H4BF3O2S/c1-3-9(7,8)2(4,5)6/h3H,1H3/i3T. The molecule has 0 saturated heterocycles. The largest absolute Gasteiger partial charge is 0.486 e. The number of hydrogen-bond acceptors (Lipinski definition) is 2. The van der Waals surface area contributed by atoms with E-state index >= 15 is 0 Å². The highest BCUT2D eigenvalue weighted by Gasteiger charge is 2.43. The van der Waals surface area contributed by atoms with Crippen LogP contribution in [0.15, 0.2) is 0 Å². The number of hydrogen-bond donors (Lipinski definition) is 0. The first-order valence-corrected chi connectivity index (χ1v) is 3.46. The van der Waals surface area contributed by atoms with Gasteiger partial charge in [-0.2, -0.15) is 13.2 Å². The van der Waals surface area contributed by atoms with Crippen LogP contribution in [0, 0.1) is 0 Å². The Balaban J connectivity index is 4.79. The van der Waals surface area contributed by atoms with Gasteiger partial charge in [-0.1, -0.05) is 6.82 Å². The van der Waals surface area contributed by atoms with Crippen LogP contribution in [-0.2, 0) is 9.69 Å². The van der Waals surface area contributed by atoms with Crippen molar-refractivity contribution in [3.63, 3.8) is 0 Å². The van der Waals surface area contributed by atoms with Crippen LogP contribution in [0.25, 0.3) is 0 Å². The van der Waals surface area contributed by atoms with Gasteiger partial charge in [-0.25, -0.2) is 8.42 Å². The van der Waals surface area contributed by atoms with Crippen LogP contribution in [0.4, 0.5) is 13.2 Å². The van der Waals surface area contributed by atoms with Gasteiger partial charge in [0.1, 0.15) is 0 Å². The molecule has 0 atom stereocenters. The van der Waals surface area contributed by atoms with Gasteiger partial charge in [-0.3, -0.25) is 0 Å². The fourth-order valence-electron chi connectivity index (χ4n) is 0.134. The quantitative estimate of drug-likeness (QED) is 0.520. The molecule has 0 fully saturated rings. The maximum Gasteiger partial charge on any atom is 0.486 e. The predicted octanol–water partition coefficient (Wildman–Crippen LogP) is 0.321. The molecule has 0 bridgehead atoms. The molecular weight excluding hydrogens is 156 g/mol. The van der Waals surface area contributed by atoms with E-state index in [2.05, 4.69) is 0 Å². The van der Waals surface area contributed by atoms with Gasteiger partial charge < -0.3 is 0 Å². The molecule has 0 radical (unpaired) electrons. The average Bonchev–Trinajstić information content (AvgIpc) is 1.62. The van der Waals surface area contributed by atoms with Gasteiger partial charge in [0.25, 0.3) is 6.52 Å². The van der Waals surface area contributed by atoms with E-state index in [0.29, 0.717) is 6.82 Å². The highest BCUT2D eigenvalue weighted by Crippen LogP contribution is 2.22. The minimum Gasteiger partial charge on any atom is -0.233 e. The summed E-state index contributed by atoms with van der Waals surface area (Å²) in [7, 11) is -5.25. The van der Waals surface area contributed by atoms with E-state index in [0.717, 1.165) is 0 Å². The van der Waals surface area contributed by atoms with Crippen molar-refractivity contribution >= 4 is 16.2 Å². The van der Waals surface area contributed by atoms with Crippen LogP contribution in [-0.4, -0.2) is 21.8 Å². The zero-order valence-electron chi connectivity index (χ0n) is 5.44. The molecule has 0 aliphatic heterocycles. The Labute approximate surface area is 52.5 Å². The molecule has 0 amide bonds. The number of alkyl halides is 3. The molecule has 0 aromatic heterocycles. The first kappa shape index (κ1) is 6.92. The summed E-state index contributed by atoms with van der Waals surface area (Å²) in [5.41, 5.74) is -5.30. The lowest BCUT2D eigenvalue weighted by Crippen LogP contribution is -2.26. The molecule has 0 saturated carbocycles. The van der Waals surface area contributed by atoms with Crippen molar-refractivity contribution in [1.29, 1.82) is 1.34 Å². The average molecular weight is 162 g/mol. The molecule has 54 valence electrons. The van der Waals surface area contributed by atoms with Crippen LogP contribution in [0.2, 0.25) is 6.82 Å². The molecular formula is C2H4BF3O2S. The third-order valence-electron chi connectivity index (χ3n) is 0.633. The lowest BCUT2D eigenvalue weighted by atomic mass is 10.2. The second kappa shape index (κ2) is 2.20. The fourth-order valence-corrected chi connectivity index (χ4v) is 0.401. The smallest absolute Gasteiger partial charge is 0.233 e. The molecule has 0 spiro atoms. The fraction of sp³-hybridized carbons (Fsp3) is 1.00. The summed E-state index contributed by atoms with van der Waals surface area (Å²) < 4.78 is 60.5. The van der Waals surface area contributed by atoms with Crippen LogP contribution in [0.5, 0.6) is 0 Å². The van der Waals surface area contributed by atoms with E-state index in [9.17, 15) is 21.6 Å². The third kappa shape index (κ3) is 1.89. The Hall–Kier alpha value is -0.195. The zero-order chi connectivity index (χ0) is 8.58. The topological polar surface area (TPSA) is 34.1 Å². The minimum atomic E-state index is -5.30. The number of halogens is 3. The summed E-state index contributed by atoms with van der Waals surface area (Å²) in [5.74, 6) is 0. The van der Waals surface area contributed by atoms with Crippen LogP contribution < -0.4 is 0 Å². The van der Waals surface area contributed by atoms with E-state index in [1.165, 1.54) is 0 Å². The van der Waals surface area contributed by atoms with E-state index in [1.54, 1.807) is 0 Å². The second-order valence-electron chi connectivity index (χ2n) is 1.23. The van der Waals surface area contributed by atoms with E-state index < -0.39 is 21.7 Å². The van der Waals surface area contributed by atoms with Crippen molar-refractivity contribution in [1.82, 2.24) is 0 Å². The van der Waals surface area contributed by atoms with Gasteiger partial charge >= 0.3 is 5.51 Å². The molecule has 0 aromatic rings. The zero-order valence-corrected chi connectivity index (χ0v) is 5.25. The van der Waals surface area contributed by atoms with Crippen LogP contribution in [0.1, 0.15) is 0 Å². The summed E-state index contributed by atoms with van der Waals surface area (Å²) in [6, 6.07) is 0. The molecule has 0 aromatic carbocycles. The maximum atomic E-state index is 11.4. The normalized spacial score (nSPS) is 14.9. The highest BCUT2D eigenvalue weighted by molar-refractivity contribution is 8.15. The Morgan fingerprint density at radius 3 is 1.89 bits per heavy atom. The van der Waals surface area contributed by atoms with Crippen LogP contribution in [0.3, 0.4) is 0 Å². The van der Waals surface area contributed by atoms with Crippen molar-refractivity contribution in [2.75, 3.05) is 0 Å². The summed E-state index contributed by atoms with van der Waals surface area (Å²) in [6.45, 7) is -1.49. The van der Waals surface area contributed by atoms with Crippen molar-refractivity contribution in [3.05, 3.63) is 0 Å². The monoisotopic (exact) mass is 162 g/mol. The summed E-state index contributed by atoms with van der Waals surface area (Å²) in [5, 5.41) is 0. The highest BCUT2D eigenvalue weighted by atomic mass is 32.2. The van der Waals surface area contributed by atoms with Crippen molar-refractivity contribution in [2.45, 2.75) is 12.3 Å². The van der Waals surface area contributed by atoms with E-state index in [1.807, 2.05) is 0 Å². The predicted molar refractivity (Wildman–Crippen MR) is 28.0 cm³/mol. The Morgan fingerprint density at radius 2 is 1.89 bits per heavy atom. The summed E-state index contributed by atoms with van der Waals surface area (Å²) in [4.78, 5) is 0. The van der Waals surface area contributed by atoms with Gasteiger partial charge in [0.2, 0.25) is 0 Å². The first-order valence-electron chi connectivity index (χ1n) is 2.49. The van der Waals surface area contributed by atoms with Crippen molar-refractivity contribution in [3.8, 4) is 0 Å². The molecule has 0 N–H and O–H groups in total. The lowest BCUT2D eigenvalue weighted by Gasteiger charge is -2.02. The first-order chi connectivity index (χ1) is 4.19. The van der Waals surface area contributed by atoms with Gasteiger partial charge in [-0.05, 0) is 1.34 Å². The molecule has 7 heteroatoms. The van der Waals surface area contributed by atoms with Crippen molar-refractivity contribution < 1.29 is 21.6 Å². The summed E-state index contributed by atoms with van der Waals surface area (Å²) >= 11 is 0. The minimum absolute atomic E-state index is 0.656. The van der Waals surface area contributed by atoms with Crippen molar-refractivity contribution in [2.24, 2.45) is 0 Å². The lowest BCUT2D eigenvalue weighted by molar-refractivity contribution is -0.0413. The van der Waals surface area contributed by atoms with Gasteiger partial charge in [-0.15, -0.1) is 0 Å². The second-order valence-corrected chi connectivity index (χ2v) is 3.25. The van der Waals surface area contributed by atoms with Gasteiger partial charge in [0.05, 0.1) is 0 Å². The van der Waals surface area contributed by atoms with Gasteiger partial charge in [0.15, 0.2) is 9.69 Å².